The van der Waals surface area contributed by atoms with Crippen molar-refractivity contribution in [2.24, 2.45) is 0 Å². The Balaban J connectivity index is 1.94. The molecule has 1 amide bonds. The molecule has 0 spiro atoms. The van der Waals surface area contributed by atoms with Gasteiger partial charge in [-0.25, -0.2) is 0 Å². The largest absolute Gasteiger partial charge is 0.573 e. The fourth-order valence-corrected chi connectivity index (χ4v) is 2.54. The van der Waals surface area contributed by atoms with E-state index in [9.17, 15) is 18.0 Å². The maximum absolute atomic E-state index is 12.3. The van der Waals surface area contributed by atoms with Gasteiger partial charge in [0.1, 0.15) is 5.75 Å². The summed E-state index contributed by atoms with van der Waals surface area (Å²) >= 11 is 0. The van der Waals surface area contributed by atoms with E-state index in [4.69, 9.17) is 4.74 Å². The SMILES string of the molecule is CC(C(=O)Nc1ccc(OC(F)(F)F)cc1)N1CCOC(C)(C)C1. The minimum absolute atomic E-state index is 0.225. The zero-order chi connectivity index (χ0) is 18.0. The first kappa shape index (κ1) is 18.5. The summed E-state index contributed by atoms with van der Waals surface area (Å²) in [5, 5.41) is 2.70. The molecule has 1 N–H and O–H groups in total. The fraction of sp³-hybridized carbons (Fsp3) is 0.562. The van der Waals surface area contributed by atoms with Crippen molar-refractivity contribution in [3.8, 4) is 5.75 Å². The second-order valence-electron chi connectivity index (χ2n) is 6.32. The Morgan fingerprint density at radius 2 is 1.96 bits per heavy atom. The molecule has 5 nitrogen and oxygen atoms in total. The molecule has 0 radical (unpaired) electrons. The average molecular weight is 346 g/mol. The molecule has 0 aromatic heterocycles. The van der Waals surface area contributed by atoms with Crippen LogP contribution in [0.15, 0.2) is 24.3 Å². The lowest BCUT2D eigenvalue weighted by molar-refractivity contribution is -0.274. The van der Waals surface area contributed by atoms with Crippen LogP contribution in [0.4, 0.5) is 18.9 Å². The van der Waals surface area contributed by atoms with Crippen molar-refractivity contribution in [2.75, 3.05) is 25.0 Å². The third kappa shape index (κ3) is 5.38. The van der Waals surface area contributed by atoms with Crippen molar-refractivity contribution in [3.63, 3.8) is 0 Å². The summed E-state index contributed by atoms with van der Waals surface area (Å²) in [7, 11) is 0. The van der Waals surface area contributed by atoms with Crippen LogP contribution < -0.4 is 10.1 Å². The molecule has 1 aliphatic rings. The zero-order valence-electron chi connectivity index (χ0n) is 13.8. The van der Waals surface area contributed by atoms with Crippen LogP contribution in [0, 0.1) is 0 Å². The highest BCUT2D eigenvalue weighted by molar-refractivity contribution is 5.94. The Morgan fingerprint density at radius 1 is 1.33 bits per heavy atom. The molecule has 0 bridgehead atoms. The van der Waals surface area contributed by atoms with Crippen molar-refractivity contribution in [1.29, 1.82) is 0 Å². The Kier molecular flexibility index (Phi) is 5.39. The van der Waals surface area contributed by atoms with Crippen LogP contribution in [0.25, 0.3) is 0 Å². The monoisotopic (exact) mass is 346 g/mol. The molecule has 0 aliphatic carbocycles. The van der Waals surface area contributed by atoms with Crippen LogP contribution >= 0.6 is 0 Å². The van der Waals surface area contributed by atoms with Gasteiger partial charge in [0.05, 0.1) is 18.2 Å². The molecule has 1 atom stereocenters. The van der Waals surface area contributed by atoms with E-state index in [1.54, 1.807) is 6.92 Å². The van der Waals surface area contributed by atoms with Crippen LogP contribution in [0.3, 0.4) is 0 Å². The van der Waals surface area contributed by atoms with Gasteiger partial charge in [-0.15, -0.1) is 13.2 Å². The molecular weight excluding hydrogens is 325 g/mol. The standard InChI is InChI=1S/C16H21F3N2O3/c1-11(21-8-9-23-15(2,3)10-21)14(22)20-12-4-6-13(7-5-12)24-16(17,18)19/h4-7,11H,8-10H2,1-3H3,(H,20,22). The second kappa shape index (κ2) is 6.98. The first-order valence-corrected chi connectivity index (χ1v) is 7.60. The number of rotatable bonds is 4. The molecule has 1 unspecified atom stereocenters. The van der Waals surface area contributed by atoms with Gasteiger partial charge in [0, 0.05) is 18.8 Å². The molecule has 1 aromatic carbocycles. The number of halogens is 3. The number of nitrogens with one attached hydrogen (secondary N) is 1. The minimum Gasteiger partial charge on any atom is -0.406 e. The van der Waals surface area contributed by atoms with Crippen LogP contribution in [0.5, 0.6) is 5.75 Å². The van der Waals surface area contributed by atoms with E-state index in [0.29, 0.717) is 25.4 Å². The maximum Gasteiger partial charge on any atom is 0.573 e. The molecule has 1 aromatic rings. The number of nitrogens with zero attached hydrogens (tertiary/aromatic N) is 1. The summed E-state index contributed by atoms with van der Waals surface area (Å²) < 4.78 is 45.8. The number of hydrogen-bond acceptors (Lipinski definition) is 4. The van der Waals surface area contributed by atoms with Crippen molar-refractivity contribution in [1.82, 2.24) is 4.90 Å². The minimum atomic E-state index is -4.73. The van der Waals surface area contributed by atoms with E-state index in [2.05, 4.69) is 10.1 Å². The Bertz CT molecular complexity index is 573. The van der Waals surface area contributed by atoms with E-state index in [1.165, 1.54) is 12.1 Å². The number of benzene rings is 1. The second-order valence-corrected chi connectivity index (χ2v) is 6.32. The predicted octanol–water partition coefficient (Wildman–Crippen LogP) is 3.02. The normalized spacial score (nSPS) is 19.6. The summed E-state index contributed by atoms with van der Waals surface area (Å²) in [6.07, 6.45) is -4.73. The van der Waals surface area contributed by atoms with Gasteiger partial charge < -0.3 is 14.8 Å². The number of carbonyl (C=O) groups excluding carboxylic acids is 1. The summed E-state index contributed by atoms with van der Waals surface area (Å²) in [5.74, 6) is -0.555. The third-order valence-electron chi connectivity index (χ3n) is 3.74. The first-order chi connectivity index (χ1) is 11.1. The highest BCUT2D eigenvalue weighted by atomic mass is 19.4. The number of anilines is 1. The average Bonchev–Trinajstić information content (AvgIpc) is 2.46. The van der Waals surface area contributed by atoms with Crippen LogP contribution in [0.1, 0.15) is 20.8 Å². The first-order valence-electron chi connectivity index (χ1n) is 7.60. The van der Waals surface area contributed by atoms with Crippen LogP contribution in [-0.2, 0) is 9.53 Å². The van der Waals surface area contributed by atoms with E-state index < -0.39 is 6.36 Å². The lowest BCUT2D eigenvalue weighted by Gasteiger charge is -2.40. The summed E-state index contributed by atoms with van der Waals surface area (Å²) in [4.78, 5) is 14.3. The summed E-state index contributed by atoms with van der Waals surface area (Å²) in [6.45, 7) is 7.54. The number of amides is 1. The number of morpholine rings is 1. The molecule has 1 saturated heterocycles. The van der Waals surface area contributed by atoms with E-state index in [0.717, 1.165) is 12.1 Å². The van der Waals surface area contributed by atoms with Crippen LogP contribution in [0.2, 0.25) is 0 Å². The third-order valence-corrected chi connectivity index (χ3v) is 3.74. The van der Waals surface area contributed by atoms with E-state index in [-0.39, 0.29) is 23.3 Å². The quantitative estimate of drug-likeness (QED) is 0.911. The van der Waals surface area contributed by atoms with Gasteiger partial charge in [-0.1, -0.05) is 0 Å². The Hall–Kier alpha value is -1.80. The molecule has 1 fully saturated rings. The molecule has 1 aliphatic heterocycles. The Labute approximate surface area is 138 Å². The van der Waals surface area contributed by atoms with Crippen molar-refractivity contribution in [3.05, 3.63) is 24.3 Å². The van der Waals surface area contributed by atoms with Gasteiger partial charge >= 0.3 is 6.36 Å². The molecule has 2 rings (SSSR count). The highest BCUT2D eigenvalue weighted by Crippen LogP contribution is 2.24. The topological polar surface area (TPSA) is 50.8 Å². The van der Waals surface area contributed by atoms with Gasteiger partial charge in [0.15, 0.2) is 0 Å². The number of ether oxygens (including phenoxy) is 2. The molecule has 24 heavy (non-hydrogen) atoms. The number of carbonyl (C=O) groups is 1. The Morgan fingerprint density at radius 3 is 2.50 bits per heavy atom. The smallest absolute Gasteiger partial charge is 0.406 e. The van der Waals surface area contributed by atoms with Crippen molar-refractivity contribution in [2.45, 2.75) is 38.8 Å². The molecule has 8 heteroatoms. The van der Waals surface area contributed by atoms with Gasteiger partial charge in [0.25, 0.3) is 0 Å². The molecule has 0 saturated carbocycles. The van der Waals surface area contributed by atoms with Gasteiger partial charge in [-0.3, -0.25) is 9.69 Å². The predicted molar refractivity (Wildman–Crippen MR) is 82.8 cm³/mol. The fourth-order valence-electron chi connectivity index (χ4n) is 2.54. The van der Waals surface area contributed by atoms with Crippen molar-refractivity contribution >= 4 is 11.6 Å². The molecular formula is C16H21F3N2O3. The van der Waals surface area contributed by atoms with Gasteiger partial charge in [-0.2, -0.15) is 0 Å². The summed E-state index contributed by atoms with van der Waals surface area (Å²) in [6, 6.07) is 4.68. The molecule has 1 heterocycles. The van der Waals surface area contributed by atoms with E-state index in [1.807, 2.05) is 18.7 Å². The summed E-state index contributed by atoms with van der Waals surface area (Å²) in [5.41, 5.74) is 0.0949. The zero-order valence-corrected chi connectivity index (χ0v) is 13.8. The lowest BCUT2D eigenvalue weighted by atomic mass is 10.1. The maximum atomic E-state index is 12.3. The van der Waals surface area contributed by atoms with Crippen molar-refractivity contribution < 1.29 is 27.4 Å². The van der Waals surface area contributed by atoms with E-state index >= 15 is 0 Å². The van der Waals surface area contributed by atoms with Gasteiger partial charge in [0.2, 0.25) is 5.91 Å². The number of alkyl halides is 3. The van der Waals surface area contributed by atoms with Gasteiger partial charge in [-0.05, 0) is 45.0 Å². The molecule has 134 valence electrons. The lowest BCUT2D eigenvalue weighted by Crippen LogP contribution is -2.54. The van der Waals surface area contributed by atoms with Crippen LogP contribution in [-0.4, -0.2) is 48.5 Å². The number of hydrogen-bond donors (Lipinski definition) is 1. The highest BCUT2D eigenvalue weighted by Gasteiger charge is 2.33.